The molecule has 1 aliphatic rings. The maximum atomic E-state index is 12.2. The van der Waals surface area contributed by atoms with Crippen molar-refractivity contribution in [3.63, 3.8) is 0 Å². The van der Waals surface area contributed by atoms with E-state index in [0.29, 0.717) is 32.8 Å². The second kappa shape index (κ2) is 8.16. The molecule has 0 saturated heterocycles. The number of benzene rings is 1. The van der Waals surface area contributed by atoms with Gasteiger partial charge in [-0.1, -0.05) is 12.1 Å². The van der Waals surface area contributed by atoms with E-state index in [-0.39, 0.29) is 6.09 Å². The highest BCUT2D eigenvalue weighted by atomic mass is 16.6. The topological polar surface area (TPSA) is 81.0 Å². The van der Waals surface area contributed by atoms with Gasteiger partial charge >= 0.3 is 6.09 Å². The van der Waals surface area contributed by atoms with Crippen LogP contribution in [0.2, 0.25) is 0 Å². The molecule has 3 heterocycles. The zero-order valence-electron chi connectivity index (χ0n) is 15.8. The summed E-state index contributed by atoms with van der Waals surface area (Å²) in [6, 6.07) is 9.71. The van der Waals surface area contributed by atoms with Crippen molar-refractivity contribution < 1.29 is 14.3 Å². The molecule has 146 valence electrons. The largest absolute Gasteiger partial charge is 0.492 e. The summed E-state index contributed by atoms with van der Waals surface area (Å²) in [5.74, 6) is 1.52. The number of rotatable bonds is 1. The molecular formula is C20H23N5O3. The number of amides is 1. The lowest BCUT2D eigenvalue weighted by Gasteiger charge is -2.22. The molecule has 0 aliphatic carbocycles. The SMILES string of the molecule is CCOC(=O)N1CCCNc2ccn3ncc(c3n2)-c2cccc(c2)OCC1. The van der Waals surface area contributed by atoms with Gasteiger partial charge in [-0.05, 0) is 37.1 Å². The number of anilines is 1. The second-order valence-corrected chi connectivity index (χ2v) is 6.48. The zero-order valence-corrected chi connectivity index (χ0v) is 15.8. The smallest absolute Gasteiger partial charge is 0.409 e. The molecule has 1 amide bonds. The third-order valence-corrected chi connectivity index (χ3v) is 4.58. The van der Waals surface area contributed by atoms with Crippen LogP contribution in [0.5, 0.6) is 5.75 Å². The molecule has 4 bridgehead atoms. The van der Waals surface area contributed by atoms with Gasteiger partial charge in [0.1, 0.15) is 18.2 Å². The van der Waals surface area contributed by atoms with Gasteiger partial charge in [-0.2, -0.15) is 5.10 Å². The molecule has 0 unspecified atom stereocenters. The van der Waals surface area contributed by atoms with E-state index in [2.05, 4.69) is 10.4 Å². The van der Waals surface area contributed by atoms with Crippen LogP contribution in [0.4, 0.5) is 10.6 Å². The number of fused-ring (bicyclic) bond motifs is 4. The van der Waals surface area contributed by atoms with Crippen LogP contribution in [0.25, 0.3) is 16.8 Å². The Morgan fingerprint density at radius 2 is 2.25 bits per heavy atom. The summed E-state index contributed by atoms with van der Waals surface area (Å²) in [6.45, 7) is 4.29. The lowest BCUT2D eigenvalue weighted by Crippen LogP contribution is -2.36. The Labute approximate surface area is 163 Å². The van der Waals surface area contributed by atoms with Crippen molar-refractivity contribution in [2.45, 2.75) is 13.3 Å². The highest BCUT2D eigenvalue weighted by Crippen LogP contribution is 2.27. The summed E-state index contributed by atoms with van der Waals surface area (Å²) >= 11 is 0. The van der Waals surface area contributed by atoms with Gasteiger partial charge in [0.25, 0.3) is 0 Å². The van der Waals surface area contributed by atoms with Gasteiger partial charge in [-0.25, -0.2) is 14.3 Å². The molecule has 0 fully saturated rings. The zero-order chi connectivity index (χ0) is 19.3. The molecule has 0 radical (unpaired) electrons. The summed E-state index contributed by atoms with van der Waals surface area (Å²) in [6.07, 6.45) is 4.15. The predicted molar refractivity (Wildman–Crippen MR) is 106 cm³/mol. The van der Waals surface area contributed by atoms with E-state index >= 15 is 0 Å². The summed E-state index contributed by atoms with van der Waals surface area (Å²) in [5, 5.41) is 7.72. The van der Waals surface area contributed by atoms with E-state index in [9.17, 15) is 4.79 Å². The fourth-order valence-electron chi connectivity index (χ4n) is 3.19. The fourth-order valence-corrected chi connectivity index (χ4v) is 3.19. The molecule has 0 spiro atoms. The molecule has 0 atom stereocenters. The van der Waals surface area contributed by atoms with E-state index in [0.717, 1.165) is 34.8 Å². The van der Waals surface area contributed by atoms with Crippen LogP contribution in [-0.2, 0) is 4.74 Å². The lowest BCUT2D eigenvalue weighted by atomic mass is 10.1. The normalized spacial score (nSPS) is 14.7. The summed E-state index contributed by atoms with van der Waals surface area (Å²) in [7, 11) is 0. The van der Waals surface area contributed by atoms with Crippen molar-refractivity contribution in [3.05, 3.63) is 42.7 Å². The second-order valence-electron chi connectivity index (χ2n) is 6.48. The van der Waals surface area contributed by atoms with Crippen LogP contribution in [-0.4, -0.2) is 58.4 Å². The Kier molecular flexibility index (Phi) is 5.27. The predicted octanol–water partition coefficient (Wildman–Crippen LogP) is 3.05. The quantitative estimate of drug-likeness (QED) is 0.698. The number of nitrogens with zero attached hydrogens (tertiary/aromatic N) is 4. The van der Waals surface area contributed by atoms with Gasteiger partial charge in [0.15, 0.2) is 5.65 Å². The summed E-state index contributed by atoms with van der Waals surface area (Å²) < 4.78 is 12.8. The van der Waals surface area contributed by atoms with Crippen molar-refractivity contribution in [2.75, 3.05) is 38.2 Å². The first-order chi connectivity index (χ1) is 13.7. The molecule has 1 aromatic carbocycles. The number of nitrogens with one attached hydrogen (secondary N) is 1. The third kappa shape index (κ3) is 3.85. The maximum absolute atomic E-state index is 12.2. The Balaban J connectivity index is 1.65. The van der Waals surface area contributed by atoms with Crippen LogP contribution in [0.15, 0.2) is 42.7 Å². The van der Waals surface area contributed by atoms with Crippen molar-refractivity contribution in [1.29, 1.82) is 0 Å². The molecule has 8 heteroatoms. The third-order valence-electron chi connectivity index (χ3n) is 4.58. The molecule has 8 nitrogen and oxygen atoms in total. The summed E-state index contributed by atoms with van der Waals surface area (Å²) in [5.41, 5.74) is 2.71. The first-order valence-electron chi connectivity index (χ1n) is 9.48. The van der Waals surface area contributed by atoms with E-state index in [4.69, 9.17) is 14.5 Å². The molecule has 1 aliphatic heterocycles. The van der Waals surface area contributed by atoms with Gasteiger partial charge in [-0.15, -0.1) is 0 Å². The van der Waals surface area contributed by atoms with Gasteiger partial charge in [0.05, 0.1) is 19.3 Å². The molecule has 4 rings (SSSR count). The standard InChI is InChI=1S/C20H23N5O3/c1-2-27-20(26)24-9-4-8-21-18-7-10-25-19(23-18)17(14-22-25)15-5-3-6-16(13-15)28-12-11-24/h3,5-7,10,13-14H,2,4,8-9,11-12H2,1H3,(H,21,23). The number of carbonyl (C=O) groups is 1. The van der Waals surface area contributed by atoms with Crippen LogP contribution in [0.1, 0.15) is 13.3 Å². The number of ether oxygens (including phenoxy) is 2. The maximum Gasteiger partial charge on any atom is 0.409 e. The average Bonchev–Trinajstić information content (AvgIpc) is 3.13. The first kappa shape index (κ1) is 18.1. The molecule has 3 aromatic rings. The molecule has 0 saturated carbocycles. The highest BCUT2D eigenvalue weighted by molar-refractivity contribution is 5.78. The number of hydrogen-bond acceptors (Lipinski definition) is 6. The molecule has 28 heavy (non-hydrogen) atoms. The Morgan fingerprint density at radius 3 is 3.14 bits per heavy atom. The minimum absolute atomic E-state index is 0.313. The van der Waals surface area contributed by atoms with Crippen LogP contribution in [0, 0.1) is 0 Å². The van der Waals surface area contributed by atoms with Gasteiger partial charge in [0.2, 0.25) is 0 Å². The Bertz CT molecular complexity index is 971. The number of carbonyl (C=O) groups excluding carboxylic acids is 1. The number of hydrogen-bond donors (Lipinski definition) is 1. The van der Waals surface area contributed by atoms with Gasteiger partial charge in [0, 0.05) is 24.8 Å². The monoisotopic (exact) mass is 381 g/mol. The van der Waals surface area contributed by atoms with Crippen LogP contribution >= 0.6 is 0 Å². The first-order valence-corrected chi connectivity index (χ1v) is 9.48. The molecular weight excluding hydrogens is 358 g/mol. The Hall–Kier alpha value is -3.29. The van der Waals surface area contributed by atoms with E-state index in [1.807, 2.05) is 49.6 Å². The van der Waals surface area contributed by atoms with Crippen molar-refractivity contribution in [1.82, 2.24) is 19.5 Å². The minimum Gasteiger partial charge on any atom is -0.492 e. The van der Waals surface area contributed by atoms with Crippen molar-refractivity contribution in [3.8, 4) is 16.9 Å². The average molecular weight is 381 g/mol. The highest BCUT2D eigenvalue weighted by Gasteiger charge is 2.15. The Morgan fingerprint density at radius 1 is 1.32 bits per heavy atom. The lowest BCUT2D eigenvalue weighted by molar-refractivity contribution is 0.100. The van der Waals surface area contributed by atoms with E-state index < -0.39 is 0 Å². The van der Waals surface area contributed by atoms with E-state index in [1.54, 1.807) is 9.42 Å². The van der Waals surface area contributed by atoms with Crippen LogP contribution < -0.4 is 10.1 Å². The molecule has 2 aromatic heterocycles. The van der Waals surface area contributed by atoms with Crippen molar-refractivity contribution >= 4 is 17.6 Å². The van der Waals surface area contributed by atoms with Gasteiger partial charge < -0.3 is 19.7 Å². The van der Waals surface area contributed by atoms with E-state index in [1.165, 1.54) is 0 Å². The summed E-state index contributed by atoms with van der Waals surface area (Å²) in [4.78, 5) is 18.6. The van der Waals surface area contributed by atoms with Crippen molar-refractivity contribution in [2.24, 2.45) is 0 Å². The number of aromatic nitrogens is 3. The fraction of sp³-hybridized carbons (Fsp3) is 0.350. The molecule has 1 N–H and O–H groups in total. The minimum atomic E-state index is -0.313. The van der Waals surface area contributed by atoms with Gasteiger partial charge in [-0.3, -0.25) is 0 Å². The van der Waals surface area contributed by atoms with Crippen LogP contribution in [0.3, 0.4) is 0 Å².